The van der Waals surface area contributed by atoms with Crippen LogP contribution in [0, 0.1) is 0 Å². The summed E-state index contributed by atoms with van der Waals surface area (Å²) in [6, 6.07) is 13.4. The molecule has 0 heterocycles. The molecule has 0 aliphatic rings. The number of Topliss-reactive ketones (excluding diaryl/α,β-unsaturated/α-hetero) is 1. The molecule has 0 saturated carbocycles. The Labute approximate surface area is 139 Å². The van der Waals surface area contributed by atoms with E-state index in [9.17, 15) is 14.4 Å². The summed E-state index contributed by atoms with van der Waals surface area (Å²) in [6.07, 6.45) is -0.332. The van der Waals surface area contributed by atoms with Crippen molar-refractivity contribution >= 4 is 29.0 Å². The normalized spacial score (nSPS) is 9.92. The van der Waals surface area contributed by atoms with Crippen LogP contribution in [0.5, 0.6) is 5.75 Å². The first-order valence-corrected chi connectivity index (χ1v) is 7.32. The number of nitrogens with one attached hydrogen (secondary N) is 2. The maximum absolute atomic E-state index is 11.9. The summed E-state index contributed by atoms with van der Waals surface area (Å²) in [5, 5.41) is 5.23. The molecule has 2 N–H and O–H groups in total. The summed E-state index contributed by atoms with van der Waals surface area (Å²) in [4.78, 5) is 35.2. The van der Waals surface area contributed by atoms with Crippen molar-refractivity contribution in [3.05, 3.63) is 54.1 Å². The summed E-state index contributed by atoms with van der Waals surface area (Å²) < 4.78 is 5.07. The first-order chi connectivity index (χ1) is 11.5. The van der Waals surface area contributed by atoms with E-state index in [1.807, 2.05) is 0 Å². The topological polar surface area (TPSA) is 84.5 Å². The van der Waals surface area contributed by atoms with Crippen LogP contribution in [0.2, 0.25) is 0 Å². The number of carbonyl (C=O) groups excluding carboxylic acids is 3. The maximum atomic E-state index is 11.9. The fourth-order valence-corrected chi connectivity index (χ4v) is 2.07. The number of methoxy groups -OCH3 is 1. The minimum absolute atomic E-state index is 0.0955. The highest BCUT2D eigenvalue weighted by Crippen LogP contribution is 2.17. The molecule has 0 bridgehead atoms. The van der Waals surface area contributed by atoms with Crippen LogP contribution in [-0.4, -0.2) is 24.7 Å². The van der Waals surface area contributed by atoms with Crippen molar-refractivity contribution in [2.75, 3.05) is 17.7 Å². The van der Waals surface area contributed by atoms with Gasteiger partial charge in [0.1, 0.15) is 12.2 Å². The van der Waals surface area contributed by atoms with Crippen molar-refractivity contribution in [3.63, 3.8) is 0 Å². The van der Waals surface area contributed by atoms with Gasteiger partial charge in [-0.1, -0.05) is 18.2 Å². The zero-order valence-electron chi connectivity index (χ0n) is 13.5. The number of benzene rings is 2. The number of rotatable bonds is 6. The van der Waals surface area contributed by atoms with Gasteiger partial charge in [0.15, 0.2) is 5.78 Å². The van der Waals surface area contributed by atoms with E-state index in [0.29, 0.717) is 22.7 Å². The molecule has 0 spiro atoms. The SMILES string of the molecule is COc1cccc(NC(=O)CC(=O)Nc2cccc(C(C)=O)c2)c1. The summed E-state index contributed by atoms with van der Waals surface area (Å²) in [5.74, 6) is -0.389. The number of ether oxygens (including phenoxy) is 1. The molecular weight excluding hydrogens is 308 g/mol. The number of anilines is 2. The Balaban J connectivity index is 1.93. The van der Waals surface area contributed by atoms with Crippen molar-refractivity contribution in [2.45, 2.75) is 13.3 Å². The molecule has 0 saturated heterocycles. The van der Waals surface area contributed by atoms with Gasteiger partial charge in [0.25, 0.3) is 0 Å². The van der Waals surface area contributed by atoms with Crippen molar-refractivity contribution in [1.82, 2.24) is 0 Å². The van der Waals surface area contributed by atoms with Gasteiger partial charge in [-0.3, -0.25) is 14.4 Å². The molecule has 0 aliphatic heterocycles. The molecule has 2 aromatic rings. The zero-order chi connectivity index (χ0) is 17.5. The van der Waals surface area contributed by atoms with Crippen LogP contribution in [0.25, 0.3) is 0 Å². The van der Waals surface area contributed by atoms with E-state index in [2.05, 4.69) is 10.6 Å². The van der Waals surface area contributed by atoms with Crippen LogP contribution < -0.4 is 15.4 Å². The number of hydrogen-bond donors (Lipinski definition) is 2. The van der Waals surface area contributed by atoms with E-state index >= 15 is 0 Å². The van der Waals surface area contributed by atoms with Crippen molar-refractivity contribution < 1.29 is 19.1 Å². The van der Waals surface area contributed by atoms with Crippen molar-refractivity contribution in [2.24, 2.45) is 0 Å². The Morgan fingerprint density at radius 2 is 1.50 bits per heavy atom. The molecule has 2 rings (SSSR count). The first kappa shape index (κ1) is 17.2. The van der Waals surface area contributed by atoms with Gasteiger partial charge in [0.2, 0.25) is 11.8 Å². The van der Waals surface area contributed by atoms with E-state index in [1.54, 1.807) is 48.5 Å². The predicted molar refractivity (Wildman–Crippen MR) is 91.3 cm³/mol. The molecule has 0 atom stereocenters. The predicted octanol–water partition coefficient (Wildman–Crippen LogP) is 2.87. The molecule has 0 unspecified atom stereocenters. The fraction of sp³-hybridized carbons (Fsp3) is 0.167. The second-order valence-corrected chi connectivity index (χ2v) is 5.14. The zero-order valence-corrected chi connectivity index (χ0v) is 13.5. The number of hydrogen-bond acceptors (Lipinski definition) is 4. The highest BCUT2D eigenvalue weighted by Gasteiger charge is 2.11. The van der Waals surface area contributed by atoms with E-state index in [4.69, 9.17) is 4.74 Å². The van der Waals surface area contributed by atoms with Gasteiger partial charge < -0.3 is 15.4 Å². The van der Waals surface area contributed by atoms with Crippen LogP contribution in [0.3, 0.4) is 0 Å². The smallest absolute Gasteiger partial charge is 0.233 e. The van der Waals surface area contributed by atoms with Crippen LogP contribution in [0.15, 0.2) is 48.5 Å². The van der Waals surface area contributed by atoms with Crippen molar-refractivity contribution in [3.8, 4) is 5.75 Å². The van der Waals surface area contributed by atoms with E-state index in [1.165, 1.54) is 14.0 Å². The second-order valence-electron chi connectivity index (χ2n) is 5.14. The number of amides is 2. The van der Waals surface area contributed by atoms with Gasteiger partial charge in [-0.2, -0.15) is 0 Å². The molecule has 6 nitrogen and oxygen atoms in total. The Morgan fingerprint density at radius 3 is 2.08 bits per heavy atom. The Kier molecular flexibility index (Phi) is 5.68. The largest absolute Gasteiger partial charge is 0.497 e. The minimum Gasteiger partial charge on any atom is -0.497 e. The molecule has 0 aromatic heterocycles. The molecular formula is C18H18N2O4. The second kappa shape index (κ2) is 7.92. The lowest BCUT2D eigenvalue weighted by molar-refractivity contribution is -0.123. The van der Waals surface area contributed by atoms with Gasteiger partial charge in [-0.15, -0.1) is 0 Å². The highest BCUT2D eigenvalue weighted by atomic mass is 16.5. The fourth-order valence-electron chi connectivity index (χ4n) is 2.07. The molecule has 24 heavy (non-hydrogen) atoms. The van der Waals surface area contributed by atoms with Crippen LogP contribution in [-0.2, 0) is 9.59 Å². The summed E-state index contributed by atoms with van der Waals surface area (Å²) in [5.41, 5.74) is 1.52. The van der Waals surface area contributed by atoms with E-state index in [-0.39, 0.29) is 12.2 Å². The Morgan fingerprint density at radius 1 is 0.917 bits per heavy atom. The van der Waals surface area contributed by atoms with Crippen LogP contribution in [0.1, 0.15) is 23.7 Å². The first-order valence-electron chi connectivity index (χ1n) is 7.32. The summed E-state index contributed by atoms with van der Waals surface area (Å²) in [7, 11) is 1.53. The third-order valence-corrected chi connectivity index (χ3v) is 3.23. The molecule has 0 aliphatic carbocycles. The summed E-state index contributed by atoms with van der Waals surface area (Å²) >= 11 is 0. The average molecular weight is 326 g/mol. The standard InChI is InChI=1S/C18H18N2O4/c1-12(21)13-5-3-6-14(9-13)19-17(22)11-18(23)20-15-7-4-8-16(10-15)24-2/h3-10H,11H2,1-2H3,(H,19,22)(H,20,23). The molecule has 2 amide bonds. The third-order valence-electron chi connectivity index (χ3n) is 3.23. The monoisotopic (exact) mass is 326 g/mol. The quantitative estimate of drug-likeness (QED) is 0.631. The minimum atomic E-state index is -0.462. The molecule has 0 fully saturated rings. The van der Waals surface area contributed by atoms with E-state index in [0.717, 1.165) is 0 Å². The lowest BCUT2D eigenvalue weighted by Gasteiger charge is -2.08. The Bertz CT molecular complexity index is 771. The highest BCUT2D eigenvalue weighted by molar-refractivity contribution is 6.08. The van der Waals surface area contributed by atoms with Crippen LogP contribution >= 0.6 is 0 Å². The molecule has 124 valence electrons. The van der Waals surface area contributed by atoms with Gasteiger partial charge in [-0.25, -0.2) is 0 Å². The van der Waals surface area contributed by atoms with Crippen molar-refractivity contribution in [1.29, 1.82) is 0 Å². The lowest BCUT2D eigenvalue weighted by atomic mass is 10.1. The maximum Gasteiger partial charge on any atom is 0.233 e. The molecule has 0 radical (unpaired) electrons. The van der Waals surface area contributed by atoms with Gasteiger partial charge in [0, 0.05) is 23.0 Å². The van der Waals surface area contributed by atoms with Gasteiger partial charge in [-0.05, 0) is 31.2 Å². The number of carbonyl (C=O) groups is 3. The lowest BCUT2D eigenvalue weighted by Crippen LogP contribution is -2.21. The molecule has 2 aromatic carbocycles. The summed E-state index contributed by atoms with van der Waals surface area (Å²) in [6.45, 7) is 1.45. The van der Waals surface area contributed by atoms with E-state index < -0.39 is 11.8 Å². The van der Waals surface area contributed by atoms with Gasteiger partial charge >= 0.3 is 0 Å². The third kappa shape index (κ3) is 4.95. The number of ketones is 1. The Hall–Kier alpha value is -3.15. The average Bonchev–Trinajstić information content (AvgIpc) is 2.54. The molecule has 6 heteroatoms. The van der Waals surface area contributed by atoms with Gasteiger partial charge in [0.05, 0.1) is 7.11 Å². The van der Waals surface area contributed by atoms with Crippen LogP contribution in [0.4, 0.5) is 11.4 Å².